The third-order valence-electron chi connectivity index (χ3n) is 4.09. The minimum Gasteiger partial charge on any atom is -0.368 e. The van der Waals surface area contributed by atoms with Crippen molar-refractivity contribution < 1.29 is 9.59 Å². The maximum atomic E-state index is 12.6. The van der Waals surface area contributed by atoms with Crippen LogP contribution < -0.4 is 11.1 Å². The van der Waals surface area contributed by atoms with Crippen molar-refractivity contribution in [1.29, 1.82) is 0 Å². The second kappa shape index (κ2) is 7.61. The average Bonchev–Trinajstić information content (AvgIpc) is 2.67. The van der Waals surface area contributed by atoms with Gasteiger partial charge in [-0.3, -0.25) is 14.6 Å². The molecule has 0 fully saturated rings. The van der Waals surface area contributed by atoms with Crippen LogP contribution >= 0.6 is 0 Å². The normalized spacial score (nSPS) is 11.6. The smallest absolute Gasteiger partial charge is 0.254 e. The highest BCUT2D eigenvalue weighted by Gasteiger charge is 2.22. The standard InChI is InChI=1S/C21H19N3O2/c1-14-17(12-13-18(23-14)15-8-4-2-5-9-15)21(26)24-19(20(22)25)16-10-6-3-7-11-16/h2-13,19H,1H3,(H2,22,25)(H,24,26). The van der Waals surface area contributed by atoms with Gasteiger partial charge in [0.05, 0.1) is 17.0 Å². The van der Waals surface area contributed by atoms with Crippen LogP contribution in [0.5, 0.6) is 0 Å². The Morgan fingerprint density at radius 3 is 2.12 bits per heavy atom. The summed E-state index contributed by atoms with van der Waals surface area (Å²) in [6.07, 6.45) is 0. The summed E-state index contributed by atoms with van der Waals surface area (Å²) in [6.45, 7) is 1.77. The fourth-order valence-electron chi connectivity index (χ4n) is 2.74. The van der Waals surface area contributed by atoms with Gasteiger partial charge in [-0.15, -0.1) is 0 Å². The maximum Gasteiger partial charge on any atom is 0.254 e. The van der Waals surface area contributed by atoms with Crippen molar-refractivity contribution in [3.8, 4) is 11.3 Å². The van der Waals surface area contributed by atoms with Crippen LogP contribution in [0, 0.1) is 6.92 Å². The molecule has 3 N–H and O–H groups in total. The number of nitrogens with two attached hydrogens (primary N) is 1. The van der Waals surface area contributed by atoms with E-state index in [-0.39, 0.29) is 5.91 Å². The number of hydrogen-bond acceptors (Lipinski definition) is 3. The first kappa shape index (κ1) is 17.4. The number of amides is 2. The number of benzene rings is 2. The molecule has 0 saturated heterocycles. The molecule has 1 unspecified atom stereocenters. The van der Waals surface area contributed by atoms with Gasteiger partial charge >= 0.3 is 0 Å². The lowest BCUT2D eigenvalue weighted by Crippen LogP contribution is -2.37. The molecule has 3 rings (SSSR count). The highest BCUT2D eigenvalue weighted by molar-refractivity contribution is 5.98. The van der Waals surface area contributed by atoms with Gasteiger partial charge in [0, 0.05) is 5.56 Å². The quantitative estimate of drug-likeness (QED) is 0.745. The van der Waals surface area contributed by atoms with E-state index in [1.807, 2.05) is 36.4 Å². The summed E-state index contributed by atoms with van der Waals surface area (Å²) in [7, 11) is 0. The molecule has 26 heavy (non-hydrogen) atoms. The zero-order valence-electron chi connectivity index (χ0n) is 14.3. The zero-order chi connectivity index (χ0) is 18.5. The molecule has 0 aliphatic heterocycles. The van der Waals surface area contributed by atoms with Crippen molar-refractivity contribution >= 4 is 11.8 Å². The number of pyridine rings is 1. The van der Waals surface area contributed by atoms with Gasteiger partial charge in [-0.05, 0) is 24.6 Å². The summed E-state index contributed by atoms with van der Waals surface area (Å²) in [6, 6.07) is 21.2. The number of carbonyl (C=O) groups is 2. The first-order valence-corrected chi connectivity index (χ1v) is 8.24. The molecular weight excluding hydrogens is 326 g/mol. The Labute approximate surface area is 151 Å². The molecule has 1 aromatic heterocycles. The molecule has 0 radical (unpaired) electrons. The van der Waals surface area contributed by atoms with E-state index in [4.69, 9.17) is 5.73 Å². The maximum absolute atomic E-state index is 12.6. The Hall–Kier alpha value is -3.47. The molecule has 0 aliphatic rings. The van der Waals surface area contributed by atoms with E-state index >= 15 is 0 Å². The molecule has 5 nitrogen and oxygen atoms in total. The Kier molecular flexibility index (Phi) is 5.08. The van der Waals surface area contributed by atoms with Crippen molar-refractivity contribution in [1.82, 2.24) is 10.3 Å². The lowest BCUT2D eigenvalue weighted by atomic mass is 10.0. The van der Waals surface area contributed by atoms with E-state index in [1.165, 1.54) is 0 Å². The minimum atomic E-state index is -0.892. The molecule has 0 bridgehead atoms. The predicted octanol–water partition coefficient (Wildman–Crippen LogP) is 3.01. The number of aromatic nitrogens is 1. The number of nitrogens with zero attached hydrogens (tertiary/aromatic N) is 1. The molecule has 5 heteroatoms. The molecule has 0 saturated carbocycles. The number of nitrogens with one attached hydrogen (secondary N) is 1. The summed E-state index contributed by atoms with van der Waals surface area (Å²) >= 11 is 0. The lowest BCUT2D eigenvalue weighted by molar-refractivity contribution is -0.120. The van der Waals surface area contributed by atoms with Crippen LogP contribution in [-0.4, -0.2) is 16.8 Å². The van der Waals surface area contributed by atoms with Gasteiger partial charge in [0.1, 0.15) is 6.04 Å². The van der Waals surface area contributed by atoms with Gasteiger partial charge in [-0.2, -0.15) is 0 Å². The molecule has 0 spiro atoms. The van der Waals surface area contributed by atoms with Crippen molar-refractivity contribution in [3.63, 3.8) is 0 Å². The van der Waals surface area contributed by atoms with E-state index < -0.39 is 11.9 Å². The van der Waals surface area contributed by atoms with Crippen molar-refractivity contribution in [2.24, 2.45) is 5.73 Å². The van der Waals surface area contributed by atoms with Gasteiger partial charge in [0.25, 0.3) is 5.91 Å². The molecule has 1 heterocycles. The topological polar surface area (TPSA) is 85.1 Å². The van der Waals surface area contributed by atoms with E-state index in [9.17, 15) is 9.59 Å². The van der Waals surface area contributed by atoms with Crippen LogP contribution in [0.3, 0.4) is 0 Å². The van der Waals surface area contributed by atoms with E-state index in [2.05, 4.69) is 10.3 Å². The van der Waals surface area contributed by atoms with Gasteiger partial charge in [-0.25, -0.2) is 0 Å². The zero-order valence-corrected chi connectivity index (χ0v) is 14.3. The number of rotatable bonds is 5. The minimum absolute atomic E-state index is 0.387. The Bertz CT molecular complexity index is 925. The van der Waals surface area contributed by atoms with Gasteiger partial charge in [-0.1, -0.05) is 60.7 Å². The summed E-state index contributed by atoms with van der Waals surface area (Å²) in [4.78, 5) is 28.9. The van der Waals surface area contributed by atoms with Crippen LogP contribution in [-0.2, 0) is 4.79 Å². The SMILES string of the molecule is Cc1nc(-c2ccccc2)ccc1C(=O)NC(C(N)=O)c1ccccc1. The predicted molar refractivity (Wildman–Crippen MR) is 100 cm³/mol. The molecule has 130 valence electrons. The average molecular weight is 345 g/mol. The third-order valence-corrected chi connectivity index (χ3v) is 4.09. The monoisotopic (exact) mass is 345 g/mol. The fraction of sp³-hybridized carbons (Fsp3) is 0.0952. The largest absolute Gasteiger partial charge is 0.368 e. The van der Waals surface area contributed by atoms with Gasteiger partial charge < -0.3 is 11.1 Å². The molecule has 1 atom stereocenters. The molecule has 0 aliphatic carbocycles. The van der Waals surface area contributed by atoms with Gasteiger partial charge in [0.2, 0.25) is 5.91 Å². The third kappa shape index (κ3) is 3.78. The van der Waals surface area contributed by atoms with Crippen LogP contribution in [0.25, 0.3) is 11.3 Å². The molecule has 2 amide bonds. The molecular formula is C21H19N3O2. The first-order valence-electron chi connectivity index (χ1n) is 8.24. The number of aryl methyl sites for hydroxylation is 1. The summed E-state index contributed by atoms with van der Waals surface area (Å²) in [5, 5.41) is 2.70. The Morgan fingerprint density at radius 1 is 0.923 bits per heavy atom. The van der Waals surface area contributed by atoms with E-state index in [0.29, 0.717) is 16.8 Å². The first-order chi connectivity index (χ1) is 12.6. The van der Waals surface area contributed by atoms with Crippen LogP contribution in [0.2, 0.25) is 0 Å². The van der Waals surface area contributed by atoms with Crippen LogP contribution in [0.4, 0.5) is 0 Å². The summed E-state index contributed by atoms with van der Waals surface area (Å²) in [5.41, 5.74) is 8.86. The Balaban J connectivity index is 1.84. The summed E-state index contributed by atoms with van der Waals surface area (Å²) < 4.78 is 0. The van der Waals surface area contributed by atoms with Crippen LogP contribution in [0.1, 0.15) is 27.7 Å². The lowest BCUT2D eigenvalue weighted by Gasteiger charge is -2.16. The second-order valence-electron chi connectivity index (χ2n) is 5.92. The number of carbonyl (C=O) groups excluding carboxylic acids is 2. The van der Waals surface area contributed by atoms with Crippen molar-refractivity contribution in [3.05, 3.63) is 89.6 Å². The van der Waals surface area contributed by atoms with E-state index in [1.54, 1.807) is 43.3 Å². The fourth-order valence-corrected chi connectivity index (χ4v) is 2.74. The van der Waals surface area contributed by atoms with Crippen LogP contribution in [0.15, 0.2) is 72.8 Å². The Morgan fingerprint density at radius 2 is 1.54 bits per heavy atom. The summed E-state index contributed by atoms with van der Waals surface area (Å²) in [5.74, 6) is -1.00. The van der Waals surface area contributed by atoms with Crippen molar-refractivity contribution in [2.45, 2.75) is 13.0 Å². The number of hydrogen-bond donors (Lipinski definition) is 2. The van der Waals surface area contributed by atoms with Crippen molar-refractivity contribution in [2.75, 3.05) is 0 Å². The highest BCUT2D eigenvalue weighted by atomic mass is 16.2. The van der Waals surface area contributed by atoms with Gasteiger partial charge in [0.15, 0.2) is 0 Å². The molecule has 3 aromatic rings. The molecule has 2 aromatic carbocycles. The van der Waals surface area contributed by atoms with E-state index in [0.717, 1.165) is 11.3 Å². The highest BCUT2D eigenvalue weighted by Crippen LogP contribution is 2.19. The number of primary amides is 1. The second-order valence-corrected chi connectivity index (χ2v) is 5.92.